The van der Waals surface area contributed by atoms with Crippen LogP contribution < -0.4 is 0 Å². The smallest absolute Gasteiger partial charge is 0.224 e. The summed E-state index contributed by atoms with van der Waals surface area (Å²) in [7, 11) is 1.77. The van der Waals surface area contributed by atoms with Crippen LogP contribution in [0.15, 0.2) is 29.2 Å². The molecule has 0 aliphatic heterocycles. The molecule has 0 fully saturated rings. The Labute approximate surface area is 105 Å². The molecule has 96 valence electrons. The van der Waals surface area contributed by atoms with Gasteiger partial charge in [-0.2, -0.15) is 5.10 Å². The Kier molecular flexibility index (Phi) is 3.76. The summed E-state index contributed by atoms with van der Waals surface area (Å²) in [5.74, 6) is 1.71. The van der Waals surface area contributed by atoms with E-state index in [0.29, 0.717) is 19.5 Å². The van der Waals surface area contributed by atoms with Crippen LogP contribution in [0, 0.1) is 6.92 Å². The van der Waals surface area contributed by atoms with Gasteiger partial charge >= 0.3 is 0 Å². The topological polar surface area (TPSA) is 64.2 Å². The average Bonchev–Trinajstić information content (AvgIpc) is 2.97. The van der Waals surface area contributed by atoms with Crippen molar-refractivity contribution in [3.8, 4) is 0 Å². The Hall–Kier alpha value is -2.11. The van der Waals surface area contributed by atoms with Gasteiger partial charge in [0, 0.05) is 13.5 Å². The van der Waals surface area contributed by atoms with Crippen LogP contribution in [0.5, 0.6) is 0 Å². The van der Waals surface area contributed by atoms with Crippen molar-refractivity contribution in [1.29, 1.82) is 0 Å². The summed E-state index contributed by atoms with van der Waals surface area (Å²) in [6, 6.07) is 3.78. The highest BCUT2D eigenvalue weighted by atomic mass is 16.3. The van der Waals surface area contributed by atoms with Gasteiger partial charge in [-0.05, 0) is 19.1 Å². The van der Waals surface area contributed by atoms with Gasteiger partial charge in [-0.3, -0.25) is 9.48 Å². The van der Waals surface area contributed by atoms with Crippen molar-refractivity contribution in [2.75, 3.05) is 7.05 Å². The summed E-state index contributed by atoms with van der Waals surface area (Å²) < 4.78 is 7.07. The SMILES string of the molecule is Cc1ccc(CN(C)C(=O)CCn2cncn2)o1. The van der Waals surface area contributed by atoms with Crippen molar-refractivity contribution in [3.63, 3.8) is 0 Å². The van der Waals surface area contributed by atoms with Crippen molar-refractivity contribution in [1.82, 2.24) is 19.7 Å². The van der Waals surface area contributed by atoms with Gasteiger partial charge in [0.25, 0.3) is 0 Å². The van der Waals surface area contributed by atoms with Gasteiger partial charge in [-0.25, -0.2) is 4.98 Å². The lowest BCUT2D eigenvalue weighted by Crippen LogP contribution is -2.26. The van der Waals surface area contributed by atoms with E-state index in [0.717, 1.165) is 11.5 Å². The van der Waals surface area contributed by atoms with Gasteiger partial charge in [0.15, 0.2) is 0 Å². The summed E-state index contributed by atoms with van der Waals surface area (Å²) in [6.07, 6.45) is 3.46. The molecule has 0 aromatic carbocycles. The van der Waals surface area contributed by atoms with E-state index < -0.39 is 0 Å². The normalized spacial score (nSPS) is 10.6. The predicted molar refractivity (Wildman–Crippen MR) is 64.6 cm³/mol. The van der Waals surface area contributed by atoms with Gasteiger partial charge in [0.1, 0.15) is 24.2 Å². The van der Waals surface area contributed by atoms with E-state index in [-0.39, 0.29) is 5.91 Å². The molecule has 2 aromatic rings. The number of nitrogens with zero attached hydrogens (tertiary/aromatic N) is 4. The second kappa shape index (κ2) is 5.48. The summed E-state index contributed by atoms with van der Waals surface area (Å²) >= 11 is 0. The van der Waals surface area contributed by atoms with E-state index in [1.54, 1.807) is 23.0 Å². The van der Waals surface area contributed by atoms with Crippen LogP contribution in [0.1, 0.15) is 17.9 Å². The first kappa shape index (κ1) is 12.3. The number of rotatable bonds is 5. The molecule has 0 saturated carbocycles. The second-order valence-electron chi connectivity index (χ2n) is 4.17. The molecule has 0 aliphatic rings. The molecular weight excluding hydrogens is 232 g/mol. The highest BCUT2D eigenvalue weighted by Gasteiger charge is 2.11. The maximum absolute atomic E-state index is 11.9. The van der Waals surface area contributed by atoms with Crippen LogP contribution in [0.25, 0.3) is 0 Å². The standard InChI is InChI=1S/C12H16N4O2/c1-10-3-4-11(18-10)7-15(2)12(17)5-6-16-9-13-8-14-16/h3-4,8-9H,5-7H2,1-2H3. The Balaban J connectivity index is 1.81. The molecule has 2 heterocycles. The van der Waals surface area contributed by atoms with Gasteiger partial charge in [0.2, 0.25) is 5.91 Å². The zero-order chi connectivity index (χ0) is 13.0. The van der Waals surface area contributed by atoms with E-state index in [9.17, 15) is 4.79 Å². The minimum absolute atomic E-state index is 0.0551. The van der Waals surface area contributed by atoms with Gasteiger partial charge < -0.3 is 9.32 Å². The molecule has 2 aromatic heterocycles. The maximum atomic E-state index is 11.9. The molecule has 0 N–H and O–H groups in total. The first-order valence-electron chi connectivity index (χ1n) is 5.77. The monoisotopic (exact) mass is 248 g/mol. The quantitative estimate of drug-likeness (QED) is 0.798. The Morgan fingerprint density at radius 1 is 1.50 bits per heavy atom. The van der Waals surface area contributed by atoms with E-state index in [1.165, 1.54) is 6.33 Å². The molecule has 0 radical (unpaired) electrons. The number of hydrogen-bond donors (Lipinski definition) is 0. The fourth-order valence-corrected chi connectivity index (χ4v) is 1.64. The van der Waals surface area contributed by atoms with Crippen LogP contribution in [0.3, 0.4) is 0 Å². The van der Waals surface area contributed by atoms with Crippen molar-refractivity contribution in [3.05, 3.63) is 36.3 Å². The number of carbonyl (C=O) groups excluding carboxylic acids is 1. The minimum Gasteiger partial charge on any atom is -0.464 e. The van der Waals surface area contributed by atoms with E-state index in [4.69, 9.17) is 4.42 Å². The lowest BCUT2D eigenvalue weighted by atomic mass is 10.3. The molecule has 2 rings (SSSR count). The molecule has 0 unspecified atom stereocenters. The molecule has 0 aliphatic carbocycles. The highest BCUT2D eigenvalue weighted by molar-refractivity contribution is 5.75. The third-order valence-electron chi connectivity index (χ3n) is 2.64. The number of aryl methyl sites for hydroxylation is 2. The third kappa shape index (κ3) is 3.19. The first-order valence-corrected chi connectivity index (χ1v) is 5.77. The largest absolute Gasteiger partial charge is 0.464 e. The predicted octanol–water partition coefficient (Wildman–Crippen LogP) is 1.23. The zero-order valence-electron chi connectivity index (χ0n) is 10.5. The van der Waals surface area contributed by atoms with Gasteiger partial charge in [-0.15, -0.1) is 0 Å². The Bertz CT molecular complexity index is 504. The van der Waals surface area contributed by atoms with Crippen molar-refractivity contribution in [2.45, 2.75) is 26.4 Å². The summed E-state index contributed by atoms with van der Waals surface area (Å²) in [6.45, 7) is 2.92. The molecule has 1 amide bonds. The Morgan fingerprint density at radius 3 is 2.94 bits per heavy atom. The lowest BCUT2D eigenvalue weighted by molar-refractivity contribution is -0.130. The van der Waals surface area contributed by atoms with Crippen LogP contribution in [0.4, 0.5) is 0 Å². The fraction of sp³-hybridized carbons (Fsp3) is 0.417. The molecule has 0 saturated heterocycles. The number of furan rings is 1. The van der Waals surface area contributed by atoms with Gasteiger partial charge in [-0.1, -0.05) is 0 Å². The third-order valence-corrected chi connectivity index (χ3v) is 2.64. The summed E-state index contributed by atoms with van der Waals surface area (Å²) in [4.78, 5) is 17.3. The first-order chi connectivity index (χ1) is 8.65. The molecule has 6 heteroatoms. The fourth-order valence-electron chi connectivity index (χ4n) is 1.64. The molecule has 0 spiro atoms. The molecule has 18 heavy (non-hydrogen) atoms. The van der Waals surface area contributed by atoms with E-state index in [2.05, 4.69) is 10.1 Å². The molecule has 6 nitrogen and oxygen atoms in total. The zero-order valence-corrected chi connectivity index (χ0v) is 10.5. The Morgan fingerprint density at radius 2 is 2.33 bits per heavy atom. The van der Waals surface area contributed by atoms with Crippen molar-refractivity contribution < 1.29 is 9.21 Å². The van der Waals surface area contributed by atoms with E-state index >= 15 is 0 Å². The number of hydrogen-bond acceptors (Lipinski definition) is 4. The van der Waals surface area contributed by atoms with Crippen LogP contribution in [-0.2, 0) is 17.9 Å². The van der Waals surface area contributed by atoms with Crippen LogP contribution in [-0.4, -0.2) is 32.6 Å². The van der Waals surface area contributed by atoms with Crippen LogP contribution >= 0.6 is 0 Å². The highest BCUT2D eigenvalue weighted by Crippen LogP contribution is 2.09. The lowest BCUT2D eigenvalue weighted by Gasteiger charge is -2.15. The van der Waals surface area contributed by atoms with Gasteiger partial charge in [0.05, 0.1) is 13.1 Å². The van der Waals surface area contributed by atoms with Crippen molar-refractivity contribution in [2.24, 2.45) is 0 Å². The molecule has 0 atom stereocenters. The molecule has 0 bridgehead atoms. The number of amides is 1. The number of aromatic nitrogens is 3. The van der Waals surface area contributed by atoms with Crippen LogP contribution in [0.2, 0.25) is 0 Å². The maximum Gasteiger partial charge on any atom is 0.224 e. The second-order valence-corrected chi connectivity index (χ2v) is 4.17. The average molecular weight is 248 g/mol. The minimum atomic E-state index is 0.0551. The summed E-state index contributed by atoms with van der Waals surface area (Å²) in [5, 5.41) is 3.95. The molecular formula is C12H16N4O2. The van der Waals surface area contributed by atoms with Crippen molar-refractivity contribution >= 4 is 5.91 Å². The van der Waals surface area contributed by atoms with E-state index in [1.807, 2.05) is 19.1 Å². The number of carbonyl (C=O) groups is 1. The summed E-state index contributed by atoms with van der Waals surface area (Å²) in [5.41, 5.74) is 0.